The minimum Gasteiger partial charge on any atom is -0.369 e. The van der Waals surface area contributed by atoms with Gasteiger partial charge < -0.3 is 10.2 Å². The lowest BCUT2D eigenvalue weighted by atomic mass is 10.2. The van der Waals surface area contributed by atoms with E-state index >= 15 is 0 Å². The van der Waals surface area contributed by atoms with Crippen LogP contribution in [-0.4, -0.2) is 40.9 Å². The van der Waals surface area contributed by atoms with Crippen LogP contribution in [-0.2, 0) is 9.84 Å². The van der Waals surface area contributed by atoms with E-state index in [9.17, 15) is 8.42 Å². The number of hydrogen-bond donors (Lipinski definition) is 1. The maximum atomic E-state index is 11.7. The van der Waals surface area contributed by atoms with Crippen LogP contribution in [0, 0.1) is 0 Å². The SMILES string of the molecule is CS(=O)(=O)c1ccccc1N1CCCNCC1.Cl. The molecule has 6 heteroatoms. The molecule has 4 nitrogen and oxygen atoms in total. The van der Waals surface area contributed by atoms with E-state index in [0.717, 1.165) is 38.3 Å². The molecule has 0 atom stereocenters. The Bertz CT molecular complexity index is 483. The van der Waals surface area contributed by atoms with Crippen molar-refractivity contribution >= 4 is 27.9 Å². The largest absolute Gasteiger partial charge is 0.369 e. The molecule has 0 aliphatic carbocycles. The highest BCUT2D eigenvalue weighted by Gasteiger charge is 2.18. The van der Waals surface area contributed by atoms with Crippen molar-refractivity contribution in [2.24, 2.45) is 0 Å². The fourth-order valence-corrected chi connectivity index (χ4v) is 3.02. The van der Waals surface area contributed by atoms with Crippen LogP contribution in [0.2, 0.25) is 0 Å². The van der Waals surface area contributed by atoms with E-state index in [-0.39, 0.29) is 12.4 Å². The Morgan fingerprint density at radius 2 is 1.89 bits per heavy atom. The third kappa shape index (κ3) is 3.60. The molecule has 1 fully saturated rings. The molecule has 0 amide bonds. The van der Waals surface area contributed by atoms with Gasteiger partial charge in [-0.25, -0.2) is 8.42 Å². The van der Waals surface area contributed by atoms with Crippen molar-refractivity contribution in [3.63, 3.8) is 0 Å². The van der Waals surface area contributed by atoms with Crippen molar-refractivity contribution < 1.29 is 8.42 Å². The van der Waals surface area contributed by atoms with Gasteiger partial charge in [-0.3, -0.25) is 0 Å². The Morgan fingerprint density at radius 3 is 2.61 bits per heavy atom. The van der Waals surface area contributed by atoms with E-state index in [1.165, 1.54) is 6.26 Å². The minimum atomic E-state index is -3.16. The number of rotatable bonds is 2. The number of para-hydroxylation sites is 1. The summed E-state index contributed by atoms with van der Waals surface area (Å²) >= 11 is 0. The van der Waals surface area contributed by atoms with Crippen LogP contribution < -0.4 is 10.2 Å². The topological polar surface area (TPSA) is 49.4 Å². The molecule has 102 valence electrons. The molecule has 0 radical (unpaired) electrons. The van der Waals surface area contributed by atoms with Gasteiger partial charge in [0.25, 0.3) is 0 Å². The molecule has 1 aromatic rings. The van der Waals surface area contributed by atoms with Gasteiger partial charge in [0, 0.05) is 25.9 Å². The van der Waals surface area contributed by atoms with Crippen LogP contribution in [0.3, 0.4) is 0 Å². The average Bonchev–Trinajstić information content (AvgIpc) is 2.56. The molecule has 18 heavy (non-hydrogen) atoms. The van der Waals surface area contributed by atoms with E-state index in [2.05, 4.69) is 10.2 Å². The maximum absolute atomic E-state index is 11.7. The quantitative estimate of drug-likeness (QED) is 0.892. The van der Waals surface area contributed by atoms with Gasteiger partial charge in [-0.05, 0) is 25.1 Å². The Labute approximate surface area is 115 Å². The number of nitrogens with zero attached hydrogens (tertiary/aromatic N) is 1. The van der Waals surface area contributed by atoms with Gasteiger partial charge in [-0.1, -0.05) is 12.1 Å². The predicted octanol–water partition coefficient (Wildman–Crippen LogP) is 1.31. The van der Waals surface area contributed by atoms with Crippen molar-refractivity contribution in [2.75, 3.05) is 37.3 Å². The van der Waals surface area contributed by atoms with Gasteiger partial charge in [0.15, 0.2) is 9.84 Å². The predicted molar refractivity (Wildman–Crippen MR) is 76.5 cm³/mol. The summed E-state index contributed by atoms with van der Waals surface area (Å²) < 4.78 is 23.5. The molecule has 2 rings (SSSR count). The Kier molecular flexibility index (Phi) is 5.44. The summed E-state index contributed by atoms with van der Waals surface area (Å²) in [6.45, 7) is 3.65. The van der Waals surface area contributed by atoms with Crippen LogP contribution in [0.5, 0.6) is 0 Å². The molecule has 0 spiro atoms. The second-order valence-electron chi connectivity index (χ2n) is 4.33. The highest BCUT2D eigenvalue weighted by Crippen LogP contribution is 2.25. The van der Waals surface area contributed by atoms with Crippen molar-refractivity contribution in [2.45, 2.75) is 11.3 Å². The first-order chi connectivity index (χ1) is 8.09. The zero-order valence-electron chi connectivity index (χ0n) is 10.4. The molecule has 0 aromatic heterocycles. The molecular formula is C12H19ClN2O2S. The van der Waals surface area contributed by atoms with Gasteiger partial charge in [0.05, 0.1) is 10.6 Å². The number of nitrogens with one attached hydrogen (secondary N) is 1. The van der Waals surface area contributed by atoms with Crippen molar-refractivity contribution in [3.8, 4) is 0 Å². The first-order valence-electron chi connectivity index (χ1n) is 5.84. The number of halogens is 1. The molecule has 0 bridgehead atoms. The van der Waals surface area contributed by atoms with Gasteiger partial charge >= 0.3 is 0 Å². The summed E-state index contributed by atoms with van der Waals surface area (Å²) in [5, 5.41) is 3.31. The standard InChI is InChI=1S/C12H18N2O2S.ClH/c1-17(15,16)12-6-3-2-5-11(12)14-9-4-7-13-8-10-14;/h2-3,5-6,13H,4,7-10H2,1H3;1H. The molecule has 1 aromatic carbocycles. The summed E-state index contributed by atoms with van der Waals surface area (Å²) in [7, 11) is -3.16. The zero-order valence-corrected chi connectivity index (χ0v) is 12.1. The summed E-state index contributed by atoms with van der Waals surface area (Å²) in [4.78, 5) is 2.58. The van der Waals surface area contributed by atoms with Crippen molar-refractivity contribution in [3.05, 3.63) is 24.3 Å². The van der Waals surface area contributed by atoms with E-state index in [4.69, 9.17) is 0 Å². The van der Waals surface area contributed by atoms with Crippen molar-refractivity contribution in [1.82, 2.24) is 5.32 Å². The molecule has 1 heterocycles. The van der Waals surface area contributed by atoms with Crippen LogP contribution in [0.4, 0.5) is 5.69 Å². The Hall–Kier alpha value is -0.780. The number of anilines is 1. The van der Waals surface area contributed by atoms with Crippen LogP contribution in [0.25, 0.3) is 0 Å². The van der Waals surface area contributed by atoms with Gasteiger partial charge in [0.1, 0.15) is 0 Å². The van der Waals surface area contributed by atoms with E-state index in [0.29, 0.717) is 4.90 Å². The summed E-state index contributed by atoms with van der Waals surface area (Å²) in [6, 6.07) is 7.24. The van der Waals surface area contributed by atoms with E-state index in [1.807, 2.05) is 12.1 Å². The van der Waals surface area contributed by atoms with Crippen LogP contribution >= 0.6 is 12.4 Å². The number of benzene rings is 1. The third-order valence-electron chi connectivity index (χ3n) is 2.95. The zero-order chi connectivity index (χ0) is 12.3. The molecule has 1 aliphatic rings. The highest BCUT2D eigenvalue weighted by atomic mass is 35.5. The fraction of sp³-hybridized carbons (Fsp3) is 0.500. The average molecular weight is 291 g/mol. The lowest BCUT2D eigenvalue weighted by molar-refractivity contribution is 0.601. The first-order valence-corrected chi connectivity index (χ1v) is 7.73. The van der Waals surface area contributed by atoms with Crippen LogP contribution in [0.15, 0.2) is 29.2 Å². The monoisotopic (exact) mass is 290 g/mol. The Morgan fingerprint density at radius 1 is 1.17 bits per heavy atom. The molecule has 1 N–H and O–H groups in total. The smallest absolute Gasteiger partial charge is 0.177 e. The number of sulfone groups is 1. The van der Waals surface area contributed by atoms with Gasteiger partial charge in [0.2, 0.25) is 0 Å². The highest BCUT2D eigenvalue weighted by molar-refractivity contribution is 7.90. The molecule has 0 saturated carbocycles. The van der Waals surface area contributed by atoms with Crippen LogP contribution in [0.1, 0.15) is 6.42 Å². The minimum absolute atomic E-state index is 0. The molecule has 1 aliphatic heterocycles. The van der Waals surface area contributed by atoms with E-state index < -0.39 is 9.84 Å². The normalized spacial score (nSPS) is 16.8. The Balaban J connectivity index is 0.00000162. The van der Waals surface area contributed by atoms with E-state index in [1.54, 1.807) is 12.1 Å². The van der Waals surface area contributed by atoms with Gasteiger partial charge in [-0.2, -0.15) is 0 Å². The maximum Gasteiger partial charge on any atom is 0.177 e. The molecule has 1 saturated heterocycles. The summed E-state index contributed by atoms with van der Waals surface area (Å²) in [5.41, 5.74) is 0.832. The fourth-order valence-electron chi connectivity index (χ4n) is 2.12. The second-order valence-corrected chi connectivity index (χ2v) is 6.31. The van der Waals surface area contributed by atoms with Crippen molar-refractivity contribution in [1.29, 1.82) is 0 Å². The first kappa shape index (κ1) is 15.3. The lowest BCUT2D eigenvalue weighted by Crippen LogP contribution is -2.29. The number of hydrogen-bond acceptors (Lipinski definition) is 4. The third-order valence-corrected chi connectivity index (χ3v) is 4.09. The molecular weight excluding hydrogens is 272 g/mol. The summed E-state index contributed by atoms with van der Waals surface area (Å²) in [6.07, 6.45) is 2.31. The summed E-state index contributed by atoms with van der Waals surface area (Å²) in [5.74, 6) is 0. The second kappa shape index (κ2) is 6.41. The lowest BCUT2D eigenvalue weighted by Gasteiger charge is -2.24. The van der Waals surface area contributed by atoms with Gasteiger partial charge in [-0.15, -0.1) is 12.4 Å². The molecule has 0 unspecified atom stereocenters.